The minimum atomic E-state index is -1.21. The smallest absolute Gasteiger partial charge is 0.326 e. The monoisotopic (exact) mass is 652 g/mol. The van der Waals surface area contributed by atoms with E-state index in [-0.39, 0.29) is 46.3 Å². The molecule has 0 spiro atoms. The number of piperidine rings is 2. The Bertz CT molecular complexity index is 1560. The van der Waals surface area contributed by atoms with Gasteiger partial charge in [0, 0.05) is 37.0 Å². The molecule has 2 saturated heterocycles. The van der Waals surface area contributed by atoms with E-state index in [0.717, 1.165) is 31.2 Å². The topological polar surface area (TPSA) is 138 Å². The van der Waals surface area contributed by atoms with Crippen LogP contribution in [-0.2, 0) is 27.2 Å². The summed E-state index contributed by atoms with van der Waals surface area (Å²) in [5, 5.41) is 15.7. The number of carboxylic acid groups (broad SMARTS) is 1. The first-order chi connectivity index (χ1) is 21.6. The van der Waals surface area contributed by atoms with Gasteiger partial charge in [-0.15, -0.1) is 0 Å². The Balaban J connectivity index is 1.23. The van der Waals surface area contributed by atoms with Crippen LogP contribution in [0.3, 0.4) is 0 Å². The Kier molecular flexibility index (Phi) is 10.2. The van der Waals surface area contributed by atoms with E-state index in [1.54, 1.807) is 36.3 Å². The highest BCUT2D eigenvalue weighted by molar-refractivity contribution is 6.40. The van der Waals surface area contributed by atoms with Gasteiger partial charge in [-0.05, 0) is 73.4 Å². The van der Waals surface area contributed by atoms with Crippen LogP contribution in [0.25, 0.3) is 0 Å². The van der Waals surface area contributed by atoms with Gasteiger partial charge in [-0.1, -0.05) is 47.5 Å². The van der Waals surface area contributed by atoms with Gasteiger partial charge in [-0.2, -0.15) is 0 Å². The minimum absolute atomic E-state index is 0.0158. The number of aliphatic carboxylic acids is 1. The number of benzene rings is 2. The van der Waals surface area contributed by atoms with Gasteiger partial charge in [-0.3, -0.25) is 19.4 Å². The Hall–Kier alpha value is -4.15. The number of ether oxygens (including phenoxy) is 1. The number of halogens is 2. The maximum absolute atomic E-state index is 13.7. The third kappa shape index (κ3) is 7.57. The molecule has 3 amide bonds. The molecule has 1 unspecified atom stereocenters. The maximum atomic E-state index is 13.7. The first kappa shape index (κ1) is 32.2. The summed E-state index contributed by atoms with van der Waals surface area (Å²) in [4.78, 5) is 57.7. The Morgan fingerprint density at radius 1 is 1.00 bits per heavy atom. The van der Waals surface area contributed by atoms with E-state index in [9.17, 15) is 24.3 Å². The lowest BCUT2D eigenvalue weighted by atomic mass is 9.74. The molecule has 3 aliphatic rings. The summed E-state index contributed by atoms with van der Waals surface area (Å²) in [7, 11) is 1.59. The van der Waals surface area contributed by atoms with Crippen LogP contribution in [0.5, 0.6) is 5.75 Å². The van der Waals surface area contributed by atoms with Crippen molar-refractivity contribution in [3.05, 3.63) is 87.7 Å². The summed E-state index contributed by atoms with van der Waals surface area (Å²) in [6.45, 7) is 0. The predicted molar refractivity (Wildman–Crippen MR) is 170 cm³/mol. The summed E-state index contributed by atoms with van der Waals surface area (Å²) in [6, 6.07) is 12.2. The van der Waals surface area contributed by atoms with E-state index in [2.05, 4.69) is 15.6 Å². The fourth-order valence-corrected chi connectivity index (χ4v) is 6.83. The van der Waals surface area contributed by atoms with Gasteiger partial charge in [0.1, 0.15) is 17.8 Å². The quantitative estimate of drug-likeness (QED) is 0.260. The Labute approximate surface area is 271 Å². The van der Waals surface area contributed by atoms with E-state index in [1.165, 1.54) is 12.4 Å². The molecule has 45 heavy (non-hydrogen) atoms. The molecule has 1 saturated carbocycles. The standard InChI is InChI=1S/C33H34Cl2N4O6/c1-45-24-4-2-3-19(15-24)7-14-28(40)39-23-12-8-21(9-13-23)30(39)32(42)38-27(33(43)44)16-20-5-10-22(11-6-20)37-31(41)29-25(34)17-36-18-26(29)35/h2-6,10-11,15,17-18,21,23,27,30H,7-9,12-14,16H2,1H3,(H,37,41)(H,38,42)(H,43,44)/t21?,23?,27-,30?/m0/s1. The van der Waals surface area contributed by atoms with Crippen molar-refractivity contribution in [1.29, 1.82) is 0 Å². The molecule has 10 nitrogen and oxygen atoms in total. The summed E-state index contributed by atoms with van der Waals surface area (Å²) in [5.41, 5.74) is 2.14. The Morgan fingerprint density at radius 3 is 2.33 bits per heavy atom. The molecule has 2 bridgehead atoms. The highest BCUT2D eigenvalue weighted by Gasteiger charge is 2.47. The molecule has 3 aromatic rings. The van der Waals surface area contributed by atoms with Crippen molar-refractivity contribution in [1.82, 2.24) is 15.2 Å². The normalized spacial score (nSPS) is 19.4. The van der Waals surface area contributed by atoms with Crippen LogP contribution >= 0.6 is 23.2 Å². The van der Waals surface area contributed by atoms with E-state index >= 15 is 0 Å². The van der Waals surface area contributed by atoms with Crippen LogP contribution in [0.15, 0.2) is 60.9 Å². The van der Waals surface area contributed by atoms with Crippen LogP contribution in [0.4, 0.5) is 5.69 Å². The number of carboxylic acids is 1. The molecule has 1 aromatic heterocycles. The number of pyridine rings is 1. The lowest BCUT2D eigenvalue weighted by Gasteiger charge is -2.50. The molecular weight excluding hydrogens is 619 g/mol. The third-order valence-corrected chi connectivity index (χ3v) is 9.12. The van der Waals surface area contributed by atoms with E-state index in [1.807, 2.05) is 24.3 Å². The largest absolute Gasteiger partial charge is 0.497 e. The zero-order chi connectivity index (χ0) is 32.1. The van der Waals surface area contributed by atoms with Crippen molar-refractivity contribution in [3.8, 4) is 5.75 Å². The minimum Gasteiger partial charge on any atom is -0.497 e. The molecular formula is C33H34Cl2N4O6. The molecule has 2 atom stereocenters. The molecule has 1 aliphatic carbocycles. The van der Waals surface area contributed by atoms with Crippen LogP contribution in [-0.4, -0.2) is 63.9 Å². The molecule has 6 rings (SSSR count). The number of methoxy groups -OCH3 is 1. The SMILES string of the molecule is COc1cccc(CCC(=O)N2C3CCC(CC3)C2C(=O)N[C@@H](Cc2ccc(NC(=O)c3c(Cl)cncc3Cl)cc2)C(=O)O)c1. The number of fused-ring (bicyclic) bond motifs is 3. The summed E-state index contributed by atoms with van der Waals surface area (Å²) >= 11 is 12.1. The summed E-state index contributed by atoms with van der Waals surface area (Å²) in [6.07, 6.45) is 6.73. The average Bonchev–Trinajstić information content (AvgIpc) is 3.04. The van der Waals surface area contributed by atoms with Gasteiger partial charge in [0.05, 0.1) is 22.7 Å². The first-order valence-corrected chi connectivity index (χ1v) is 15.6. The number of rotatable bonds is 11. The highest BCUT2D eigenvalue weighted by atomic mass is 35.5. The van der Waals surface area contributed by atoms with Crippen molar-refractivity contribution in [2.45, 2.75) is 63.1 Å². The van der Waals surface area contributed by atoms with Crippen LogP contribution in [0, 0.1) is 5.92 Å². The molecule has 3 fully saturated rings. The van der Waals surface area contributed by atoms with E-state index in [0.29, 0.717) is 23.4 Å². The molecule has 0 radical (unpaired) electrons. The number of carbonyl (C=O) groups excluding carboxylic acids is 3. The predicted octanol–water partition coefficient (Wildman–Crippen LogP) is 5.16. The fraction of sp³-hybridized carbons (Fsp3) is 0.364. The van der Waals surface area contributed by atoms with Crippen molar-refractivity contribution in [2.75, 3.05) is 12.4 Å². The van der Waals surface area contributed by atoms with Gasteiger partial charge in [0.25, 0.3) is 5.91 Å². The Morgan fingerprint density at radius 2 is 1.69 bits per heavy atom. The van der Waals surface area contributed by atoms with Gasteiger partial charge < -0.3 is 25.4 Å². The van der Waals surface area contributed by atoms with Crippen LogP contribution < -0.4 is 15.4 Å². The second-order valence-electron chi connectivity index (χ2n) is 11.4. The maximum Gasteiger partial charge on any atom is 0.326 e. The van der Waals surface area contributed by atoms with Crippen molar-refractivity contribution >= 4 is 52.6 Å². The third-order valence-electron chi connectivity index (χ3n) is 8.55. The number of nitrogens with one attached hydrogen (secondary N) is 2. The fourth-order valence-electron chi connectivity index (χ4n) is 6.30. The number of carbonyl (C=O) groups is 4. The van der Waals surface area contributed by atoms with Crippen molar-refractivity contribution in [3.63, 3.8) is 0 Å². The van der Waals surface area contributed by atoms with Crippen molar-refractivity contribution < 1.29 is 29.0 Å². The van der Waals surface area contributed by atoms with Crippen LogP contribution in [0.1, 0.15) is 53.6 Å². The first-order valence-electron chi connectivity index (χ1n) is 14.8. The van der Waals surface area contributed by atoms with Gasteiger partial charge in [0.2, 0.25) is 11.8 Å². The molecule has 12 heteroatoms. The molecule has 3 heterocycles. The number of hydrogen-bond donors (Lipinski definition) is 3. The second-order valence-corrected chi connectivity index (χ2v) is 12.2. The van der Waals surface area contributed by atoms with Gasteiger partial charge in [0.15, 0.2) is 0 Å². The number of amides is 3. The zero-order valence-corrected chi connectivity index (χ0v) is 26.2. The number of aromatic nitrogens is 1. The van der Waals surface area contributed by atoms with E-state index in [4.69, 9.17) is 27.9 Å². The van der Waals surface area contributed by atoms with Gasteiger partial charge >= 0.3 is 5.97 Å². The highest BCUT2D eigenvalue weighted by Crippen LogP contribution is 2.40. The average molecular weight is 654 g/mol. The van der Waals surface area contributed by atoms with Crippen molar-refractivity contribution in [2.24, 2.45) is 5.92 Å². The lowest BCUT2D eigenvalue weighted by molar-refractivity contribution is -0.154. The van der Waals surface area contributed by atoms with Crippen LogP contribution in [0.2, 0.25) is 10.0 Å². The lowest BCUT2D eigenvalue weighted by Crippen LogP contribution is -2.64. The summed E-state index contributed by atoms with van der Waals surface area (Å²) in [5.74, 6) is -1.55. The molecule has 2 aromatic carbocycles. The number of nitrogens with zero attached hydrogens (tertiary/aromatic N) is 2. The second kappa shape index (κ2) is 14.3. The van der Waals surface area contributed by atoms with Gasteiger partial charge in [-0.25, -0.2) is 4.79 Å². The summed E-state index contributed by atoms with van der Waals surface area (Å²) < 4.78 is 5.29. The zero-order valence-electron chi connectivity index (χ0n) is 24.7. The number of hydrogen-bond acceptors (Lipinski definition) is 6. The number of aryl methyl sites for hydroxylation is 1. The van der Waals surface area contributed by atoms with E-state index < -0.39 is 29.9 Å². The molecule has 2 aliphatic heterocycles. The molecule has 236 valence electrons. The molecule has 3 N–H and O–H groups in total. The number of anilines is 1.